The van der Waals surface area contributed by atoms with Crippen molar-refractivity contribution in [2.75, 3.05) is 11.9 Å². The minimum absolute atomic E-state index is 0.435. The summed E-state index contributed by atoms with van der Waals surface area (Å²) in [6.07, 6.45) is 2.33. The SMILES string of the molecule is Cc1cc(N(C)[C@H]2CCc3ccccc32)nc(C)n1. The van der Waals surface area contributed by atoms with Crippen molar-refractivity contribution < 1.29 is 0 Å². The van der Waals surface area contributed by atoms with Gasteiger partial charge in [0.25, 0.3) is 0 Å². The number of fused-ring (bicyclic) bond motifs is 1. The van der Waals surface area contributed by atoms with E-state index in [4.69, 9.17) is 0 Å². The van der Waals surface area contributed by atoms with Crippen LogP contribution >= 0.6 is 0 Å². The van der Waals surface area contributed by atoms with E-state index in [0.29, 0.717) is 6.04 Å². The van der Waals surface area contributed by atoms with Crippen molar-refractivity contribution in [1.82, 2.24) is 9.97 Å². The van der Waals surface area contributed by atoms with Crippen LogP contribution in [0.3, 0.4) is 0 Å². The quantitative estimate of drug-likeness (QED) is 0.823. The third-order valence-electron chi connectivity index (χ3n) is 3.88. The molecule has 0 N–H and O–H groups in total. The molecule has 3 rings (SSSR count). The van der Waals surface area contributed by atoms with Crippen molar-refractivity contribution in [3.05, 3.63) is 53.0 Å². The molecule has 3 nitrogen and oxygen atoms in total. The lowest BCUT2D eigenvalue weighted by Gasteiger charge is -2.26. The van der Waals surface area contributed by atoms with E-state index in [-0.39, 0.29) is 0 Å². The van der Waals surface area contributed by atoms with Crippen LogP contribution in [0.1, 0.15) is 35.1 Å². The summed E-state index contributed by atoms with van der Waals surface area (Å²) in [4.78, 5) is 11.2. The predicted molar refractivity (Wildman–Crippen MR) is 77.4 cm³/mol. The van der Waals surface area contributed by atoms with Crippen LogP contribution in [-0.4, -0.2) is 17.0 Å². The lowest BCUT2D eigenvalue weighted by Crippen LogP contribution is -2.23. The van der Waals surface area contributed by atoms with Crippen LogP contribution in [0.15, 0.2) is 30.3 Å². The van der Waals surface area contributed by atoms with Crippen LogP contribution in [0.25, 0.3) is 0 Å². The zero-order chi connectivity index (χ0) is 13.4. The van der Waals surface area contributed by atoms with E-state index in [2.05, 4.69) is 52.2 Å². The second-order valence-corrected chi connectivity index (χ2v) is 5.28. The van der Waals surface area contributed by atoms with Gasteiger partial charge in [0, 0.05) is 18.8 Å². The van der Waals surface area contributed by atoms with E-state index < -0.39 is 0 Å². The summed E-state index contributed by atoms with van der Waals surface area (Å²) in [5.74, 6) is 1.86. The standard InChI is InChI=1S/C16H19N3/c1-11-10-16(18-12(2)17-11)19(3)15-9-8-13-6-4-5-7-14(13)15/h4-7,10,15H,8-9H2,1-3H3/t15-/m0/s1. The molecule has 0 fully saturated rings. The van der Waals surface area contributed by atoms with Gasteiger partial charge in [0.1, 0.15) is 11.6 Å². The van der Waals surface area contributed by atoms with Crippen LogP contribution in [0.5, 0.6) is 0 Å². The maximum Gasteiger partial charge on any atom is 0.132 e. The zero-order valence-electron chi connectivity index (χ0n) is 11.7. The molecular formula is C16H19N3. The smallest absolute Gasteiger partial charge is 0.132 e. The Morgan fingerprint density at radius 1 is 1.16 bits per heavy atom. The second-order valence-electron chi connectivity index (χ2n) is 5.28. The Bertz CT molecular complexity index is 586. The fraction of sp³-hybridized carbons (Fsp3) is 0.375. The van der Waals surface area contributed by atoms with Crippen molar-refractivity contribution in [2.45, 2.75) is 32.7 Å². The molecule has 0 saturated heterocycles. The molecule has 98 valence electrons. The monoisotopic (exact) mass is 253 g/mol. The molecular weight excluding hydrogens is 234 g/mol. The van der Waals surface area contributed by atoms with E-state index in [0.717, 1.165) is 30.2 Å². The van der Waals surface area contributed by atoms with Crippen molar-refractivity contribution in [3.63, 3.8) is 0 Å². The van der Waals surface area contributed by atoms with Gasteiger partial charge in [-0.3, -0.25) is 0 Å². The molecule has 1 aliphatic carbocycles. The Balaban J connectivity index is 1.95. The normalized spacial score (nSPS) is 17.3. The van der Waals surface area contributed by atoms with E-state index in [1.54, 1.807) is 0 Å². The number of aromatic nitrogens is 2. The van der Waals surface area contributed by atoms with Crippen molar-refractivity contribution >= 4 is 5.82 Å². The van der Waals surface area contributed by atoms with Gasteiger partial charge in [-0.2, -0.15) is 0 Å². The highest BCUT2D eigenvalue weighted by molar-refractivity contribution is 5.46. The highest BCUT2D eigenvalue weighted by atomic mass is 15.2. The van der Waals surface area contributed by atoms with Gasteiger partial charge in [0.15, 0.2) is 0 Å². The summed E-state index contributed by atoms with van der Waals surface area (Å²) >= 11 is 0. The number of nitrogens with zero attached hydrogens (tertiary/aromatic N) is 3. The van der Waals surface area contributed by atoms with Crippen LogP contribution in [0, 0.1) is 13.8 Å². The fourth-order valence-electron chi connectivity index (χ4n) is 2.97. The van der Waals surface area contributed by atoms with Gasteiger partial charge < -0.3 is 4.90 Å². The Morgan fingerprint density at radius 2 is 1.95 bits per heavy atom. The molecule has 2 aromatic rings. The van der Waals surface area contributed by atoms with Gasteiger partial charge in [-0.05, 0) is 37.8 Å². The molecule has 1 aromatic carbocycles. The third kappa shape index (κ3) is 2.21. The minimum Gasteiger partial charge on any atom is -0.352 e. The molecule has 0 bridgehead atoms. The first-order chi connectivity index (χ1) is 9.15. The summed E-state index contributed by atoms with van der Waals surface area (Å²) in [5.41, 5.74) is 3.95. The number of aryl methyl sites for hydroxylation is 3. The van der Waals surface area contributed by atoms with Crippen LogP contribution in [0.4, 0.5) is 5.82 Å². The van der Waals surface area contributed by atoms with Gasteiger partial charge in [0.05, 0.1) is 6.04 Å². The van der Waals surface area contributed by atoms with Gasteiger partial charge in [0.2, 0.25) is 0 Å². The van der Waals surface area contributed by atoms with Crippen molar-refractivity contribution in [3.8, 4) is 0 Å². The lowest BCUT2D eigenvalue weighted by molar-refractivity contribution is 0.652. The summed E-state index contributed by atoms with van der Waals surface area (Å²) in [5, 5.41) is 0. The largest absolute Gasteiger partial charge is 0.352 e. The molecule has 0 unspecified atom stereocenters. The second kappa shape index (κ2) is 4.65. The predicted octanol–water partition coefficient (Wildman–Crippen LogP) is 3.22. The molecule has 3 heteroatoms. The lowest BCUT2D eigenvalue weighted by atomic mass is 10.1. The molecule has 0 radical (unpaired) electrons. The Kier molecular flexibility index (Phi) is 2.97. The van der Waals surface area contributed by atoms with E-state index in [9.17, 15) is 0 Å². The molecule has 1 aromatic heterocycles. The molecule has 1 heterocycles. The number of hydrogen-bond donors (Lipinski definition) is 0. The molecule has 0 saturated carbocycles. The third-order valence-corrected chi connectivity index (χ3v) is 3.88. The number of anilines is 1. The summed E-state index contributed by atoms with van der Waals surface area (Å²) < 4.78 is 0. The number of hydrogen-bond acceptors (Lipinski definition) is 3. The van der Waals surface area contributed by atoms with Gasteiger partial charge in [-0.25, -0.2) is 9.97 Å². The zero-order valence-corrected chi connectivity index (χ0v) is 11.7. The van der Waals surface area contributed by atoms with Crippen molar-refractivity contribution in [2.24, 2.45) is 0 Å². The van der Waals surface area contributed by atoms with Gasteiger partial charge >= 0.3 is 0 Å². The van der Waals surface area contributed by atoms with E-state index in [1.165, 1.54) is 11.1 Å². The first-order valence-corrected chi connectivity index (χ1v) is 6.78. The molecule has 0 amide bonds. The fourth-order valence-corrected chi connectivity index (χ4v) is 2.97. The average molecular weight is 253 g/mol. The maximum atomic E-state index is 4.57. The first-order valence-electron chi connectivity index (χ1n) is 6.78. The average Bonchev–Trinajstić information content (AvgIpc) is 2.80. The van der Waals surface area contributed by atoms with Crippen LogP contribution in [-0.2, 0) is 6.42 Å². The van der Waals surface area contributed by atoms with Crippen LogP contribution in [0.2, 0.25) is 0 Å². The highest BCUT2D eigenvalue weighted by Crippen LogP contribution is 2.36. The Labute approximate surface area is 114 Å². The molecule has 1 atom stereocenters. The van der Waals surface area contributed by atoms with Crippen molar-refractivity contribution in [1.29, 1.82) is 0 Å². The maximum absolute atomic E-state index is 4.57. The van der Waals surface area contributed by atoms with Gasteiger partial charge in [-0.15, -0.1) is 0 Å². The first kappa shape index (κ1) is 12.2. The Hall–Kier alpha value is -1.90. The number of benzene rings is 1. The number of rotatable bonds is 2. The summed E-state index contributed by atoms with van der Waals surface area (Å²) in [6.45, 7) is 3.97. The molecule has 0 spiro atoms. The molecule has 19 heavy (non-hydrogen) atoms. The topological polar surface area (TPSA) is 29.0 Å². The summed E-state index contributed by atoms with van der Waals surface area (Å²) in [6, 6.07) is 11.2. The van der Waals surface area contributed by atoms with Crippen LogP contribution < -0.4 is 4.90 Å². The van der Waals surface area contributed by atoms with E-state index >= 15 is 0 Å². The summed E-state index contributed by atoms with van der Waals surface area (Å²) in [7, 11) is 2.13. The van der Waals surface area contributed by atoms with Gasteiger partial charge in [-0.1, -0.05) is 24.3 Å². The van der Waals surface area contributed by atoms with E-state index in [1.807, 2.05) is 13.8 Å². The highest BCUT2D eigenvalue weighted by Gasteiger charge is 2.26. The minimum atomic E-state index is 0.435. The molecule has 1 aliphatic rings. The Morgan fingerprint density at radius 3 is 2.74 bits per heavy atom. The molecule has 0 aliphatic heterocycles.